The van der Waals surface area contributed by atoms with Gasteiger partial charge in [-0.15, -0.1) is 0 Å². The van der Waals surface area contributed by atoms with E-state index in [0.29, 0.717) is 17.1 Å². The summed E-state index contributed by atoms with van der Waals surface area (Å²) in [6.07, 6.45) is 0.146. The molecule has 1 aliphatic carbocycles. The van der Waals surface area contributed by atoms with E-state index in [1.54, 1.807) is 6.07 Å². The van der Waals surface area contributed by atoms with Crippen molar-refractivity contribution in [3.8, 4) is 33.6 Å². The van der Waals surface area contributed by atoms with Gasteiger partial charge in [0.2, 0.25) is 0 Å². The lowest BCUT2D eigenvalue weighted by Crippen LogP contribution is -2.14. The minimum Gasteiger partial charge on any atom is -0.344 e. The van der Waals surface area contributed by atoms with Crippen molar-refractivity contribution in [2.45, 2.75) is 69.6 Å². The maximum atomic E-state index is 15.6. The molecule has 41 heavy (non-hydrogen) atoms. The molecule has 2 aromatic carbocycles. The minimum absolute atomic E-state index is 0.0632. The van der Waals surface area contributed by atoms with Crippen LogP contribution in [-0.2, 0) is 19.3 Å². The Kier molecular flexibility index (Phi) is 6.70. The Balaban J connectivity index is 1.18. The number of alkyl halides is 3. The van der Waals surface area contributed by atoms with E-state index in [1.165, 1.54) is 11.6 Å². The first-order chi connectivity index (χ1) is 19.8. The van der Waals surface area contributed by atoms with E-state index in [4.69, 9.17) is 4.98 Å². The Morgan fingerprint density at radius 1 is 0.805 bits per heavy atom. The standard InChI is InChI=1S/C31H32F4N6/c32-22-16-18(6-9-21(22)28-24(11-12-31(33,34)35)39-30(41-28)26-4-2-14-37-26)17-5-8-20-19(15-17)7-10-23-27(20)40-29(38-23)25-3-1-13-36-25/h5-6,8-9,15-16,25-26,36-37H,1-4,7,10-14H2,(H,38,40)(H,39,41)/t25-,26-/m0/s1. The van der Waals surface area contributed by atoms with Gasteiger partial charge in [0.05, 0.1) is 29.2 Å². The number of aromatic nitrogens is 4. The quantitative estimate of drug-likeness (QED) is 0.196. The zero-order chi connectivity index (χ0) is 28.1. The minimum atomic E-state index is -4.32. The number of nitrogens with zero attached hydrogens (tertiary/aromatic N) is 2. The van der Waals surface area contributed by atoms with Crippen LogP contribution in [0.2, 0.25) is 0 Å². The fourth-order valence-electron chi connectivity index (χ4n) is 6.46. The molecule has 2 atom stereocenters. The average Bonchev–Trinajstić information content (AvgIpc) is 3.77. The van der Waals surface area contributed by atoms with Crippen molar-refractivity contribution in [2.75, 3.05) is 13.1 Å². The Morgan fingerprint density at radius 3 is 2.15 bits per heavy atom. The van der Waals surface area contributed by atoms with Crippen molar-refractivity contribution in [3.05, 3.63) is 70.8 Å². The molecule has 0 amide bonds. The molecule has 10 heteroatoms. The van der Waals surface area contributed by atoms with Crippen LogP contribution in [0.4, 0.5) is 17.6 Å². The third-order valence-corrected chi connectivity index (χ3v) is 8.60. The molecule has 4 N–H and O–H groups in total. The van der Waals surface area contributed by atoms with Crippen LogP contribution in [0.25, 0.3) is 33.6 Å². The molecule has 4 heterocycles. The monoisotopic (exact) mass is 564 g/mol. The molecule has 0 radical (unpaired) electrons. The summed E-state index contributed by atoms with van der Waals surface area (Å²) in [5, 5.41) is 6.81. The number of H-pyrrole nitrogens is 2. The average molecular weight is 565 g/mol. The number of hydrogen-bond donors (Lipinski definition) is 4. The first kappa shape index (κ1) is 26.4. The Bertz CT molecular complexity index is 1570. The molecule has 0 spiro atoms. The highest BCUT2D eigenvalue weighted by atomic mass is 19.4. The summed E-state index contributed by atoms with van der Waals surface area (Å²) >= 11 is 0. The van der Waals surface area contributed by atoms with E-state index >= 15 is 4.39 Å². The highest BCUT2D eigenvalue weighted by molar-refractivity contribution is 5.76. The van der Waals surface area contributed by atoms with Gasteiger partial charge in [-0.1, -0.05) is 24.3 Å². The molecule has 2 aromatic heterocycles. The lowest BCUT2D eigenvalue weighted by Gasteiger charge is -2.17. The molecule has 3 aliphatic rings. The largest absolute Gasteiger partial charge is 0.389 e. The van der Waals surface area contributed by atoms with Crippen LogP contribution >= 0.6 is 0 Å². The van der Waals surface area contributed by atoms with Crippen LogP contribution in [0.1, 0.15) is 72.8 Å². The first-order valence-electron chi connectivity index (χ1n) is 14.5. The van der Waals surface area contributed by atoms with E-state index < -0.39 is 18.4 Å². The summed E-state index contributed by atoms with van der Waals surface area (Å²) in [5.74, 6) is 1.08. The summed E-state index contributed by atoms with van der Waals surface area (Å²) in [5.41, 5.74) is 6.85. The van der Waals surface area contributed by atoms with Crippen LogP contribution < -0.4 is 10.6 Å². The fraction of sp³-hybridized carbons (Fsp3) is 0.419. The van der Waals surface area contributed by atoms with E-state index in [0.717, 1.165) is 80.0 Å². The molecule has 2 aliphatic heterocycles. The third-order valence-electron chi connectivity index (χ3n) is 8.60. The molecule has 2 fully saturated rings. The normalized spacial score (nSPS) is 20.4. The second-order valence-corrected chi connectivity index (χ2v) is 11.4. The van der Waals surface area contributed by atoms with Crippen molar-refractivity contribution in [1.29, 1.82) is 0 Å². The second kappa shape index (κ2) is 10.4. The third kappa shape index (κ3) is 5.19. The Hall–Kier alpha value is -3.50. The summed E-state index contributed by atoms with van der Waals surface area (Å²) < 4.78 is 54.8. The number of fused-ring (bicyclic) bond motifs is 3. The number of imidazole rings is 2. The summed E-state index contributed by atoms with van der Waals surface area (Å²) in [6.45, 7) is 1.84. The maximum Gasteiger partial charge on any atom is 0.389 e. The van der Waals surface area contributed by atoms with Crippen LogP contribution in [0, 0.1) is 5.82 Å². The van der Waals surface area contributed by atoms with Gasteiger partial charge < -0.3 is 20.6 Å². The number of rotatable bonds is 6. The molecule has 0 saturated carbocycles. The van der Waals surface area contributed by atoms with Crippen molar-refractivity contribution < 1.29 is 17.6 Å². The zero-order valence-electron chi connectivity index (χ0n) is 22.6. The highest BCUT2D eigenvalue weighted by Crippen LogP contribution is 2.38. The lowest BCUT2D eigenvalue weighted by molar-refractivity contribution is -0.134. The molecular formula is C31H32F4N6. The van der Waals surface area contributed by atoms with Gasteiger partial charge in [-0.3, -0.25) is 0 Å². The van der Waals surface area contributed by atoms with Gasteiger partial charge in [0, 0.05) is 29.7 Å². The van der Waals surface area contributed by atoms with Gasteiger partial charge >= 0.3 is 6.18 Å². The van der Waals surface area contributed by atoms with Gasteiger partial charge in [0.25, 0.3) is 0 Å². The highest BCUT2D eigenvalue weighted by Gasteiger charge is 2.30. The number of aryl methyl sites for hydroxylation is 3. The van der Waals surface area contributed by atoms with Gasteiger partial charge in [-0.2, -0.15) is 13.2 Å². The second-order valence-electron chi connectivity index (χ2n) is 11.4. The van der Waals surface area contributed by atoms with Crippen molar-refractivity contribution in [3.63, 3.8) is 0 Å². The number of halogens is 4. The van der Waals surface area contributed by atoms with E-state index in [2.05, 4.69) is 37.7 Å². The van der Waals surface area contributed by atoms with Gasteiger partial charge in [-0.05, 0) is 80.4 Å². The lowest BCUT2D eigenvalue weighted by atomic mass is 9.89. The predicted octanol–water partition coefficient (Wildman–Crippen LogP) is 6.72. The number of aromatic amines is 2. The van der Waals surface area contributed by atoms with Crippen molar-refractivity contribution in [2.24, 2.45) is 0 Å². The number of nitrogens with one attached hydrogen (secondary N) is 4. The zero-order valence-corrected chi connectivity index (χ0v) is 22.6. The Morgan fingerprint density at radius 2 is 1.49 bits per heavy atom. The fourth-order valence-corrected chi connectivity index (χ4v) is 6.46. The van der Waals surface area contributed by atoms with Crippen LogP contribution in [-0.4, -0.2) is 39.2 Å². The maximum absolute atomic E-state index is 15.6. The Labute approximate surface area is 235 Å². The van der Waals surface area contributed by atoms with Crippen LogP contribution in [0.5, 0.6) is 0 Å². The first-order valence-corrected chi connectivity index (χ1v) is 14.5. The molecule has 2 saturated heterocycles. The van der Waals surface area contributed by atoms with Crippen molar-refractivity contribution >= 4 is 0 Å². The SMILES string of the molecule is Fc1cc(-c2ccc3c(c2)CCc2[nH]c([C@@H]4CCCN4)nc2-3)ccc1-c1[nH]c([C@@H]2CCCN2)nc1CCC(F)(F)F. The molecule has 0 bridgehead atoms. The summed E-state index contributed by atoms with van der Waals surface area (Å²) in [4.78, 5) is 16.1. The molecule has 214 valence electrons. The number of hydrogen-bond acceptors (Lipinski definition) is 4. The summed E-state index contributed by atoms with van der Waals surface area (Å²) in [7, 11) is 0. The smallest absolute Gasteiger partial charge is 0.344 e. The van der Waals surface area contributed by atoms with Crippen LogP contribution in [0.15, 0.2) is 36.4 Å². The van der Waals surface area contributed by atoms with E-state index in [-0.39, 0.29) is 29.8 Å². The molecule has 6 nitrogen and oxygen atoms in total. The molecular weight excluding hydrogens is 532 g/mol. The summed E-state index contributed by atoms with van der Waals surface area (Å²) in [6, 6.07) is 11.3. The van der Waals surface area contributed by atoms with Gasteiger partial charge in [0.1, 0.15) is 17.5 Å². The van der Waals surface area contributed by atoms with Crippen LogP contribution in [0.3, 0.4) is 0 Å². The topological polar surface area (TPSA) is 81.4 Å². The number of benzene rings is 2. The van der Waals surface area contributed by atoms with E-state index in [9.17, 15) is 13.2 Å². The molecule has 4 aromatic rings. The molecule has 0 unspecified atom stereocenters. The van der Waals surface area contributed by atoms with Crippen molar-refractivity contribution in [1.82, 2.24) is 30.6 Å². The molecule has 7 rings (SSSR count). The van der Waals surface area contributed by atoms with Gasteiger partial charge in [-0.25, -0.2) is 14.4 Å². The predicted molar refractivity (Wildman–Crippen MR) is 149 cm³/mol. The van der Waals surface area contributed by atoms with Gasteiger partial charge in [0.15, 0.2) is 0 Å². The van der Waals surface area contributed by atoms with E-state index in [1.807, 2.05) is 12.1 Å².